The first kappa shape index (κ1) is 20.7. The van der Waals surface area contributed by atoms with Crippen LogP contribution in [0.2, 0.25) is 0 Å². The number of carbonyl (C=O) groups excluding carboxylic acids is 1. The minimum Gasteiger partial charge on any atom is -0.482 e. The van der Waals surface area contributed by atoms with Crippen molar-refractivity contribution >= 4 is 11.6 Å². The molecule has 166 valence electrons. The fourth-order valence-electron chi connectivity index (χ4n) is 4.77. The summed E-state index contributed by atoms with van der Waals surface area (Å²) in [6, 6.07) is 12.2. The molecule has 2 aliphatic rings. The van der Waals surface area contributed by atoms with Gasteiger partial charge in [0.15, 0.2) is 6.61 Å². The Morgan fingerprint density at radius 3 is 2.59 bits per heavy atom. The average molecular weight is 435 g/mol. The highest BCUT2D eigenvalue weighted by atomic mass is 19.1. The van der Waals surface area contributed by atoms with E-state index in [2.05, 4.69) is 5.32 Å². The SMILES string of the molecule is Cc1nn(CC2CCC(O)CC2)c(-c2ccc(F)cc2)c1-c1ccc2c(c1)NC(=O)CO2. The van der Waals surface area contributed by atoms with Gasteiger partial charge in [0.2, 0.25) is 0 Å². The zero-order valence-corrected chi connectivity index (χ0v) is 18.0. The normalized spacial score (nSPS) is 20.4. The second-order valence-electron chi connectivity index (χ2n) is 8.72. The summed E-state index contributed by atoms with van der Waals surface area (Å²) in [5.41, 5.74) is 5.18. The van der Waals surface area contributed by atoms with Gasteiger partial charge < -0.3 is 15.2 Å². The van der Waals surface area contributed by atoms with Gasteiger partial charge in [-0.2, -0.15) is 5.10 Å². The van der Waals surface area contributed by atoms with E-state index in [1.165, 1.54) is 12.1 Å². The standard InChI is InChI=1S/C25H26FN3O3/c1-15-24(18-6-11-22-21(12-18)27-23(31)14-32-22)25(17-4-7-19(26)8-5-17)29(28-15)13-16-2-9-20(30)10-3-16/h4-8,11-12,16,20,30H,2-3,9-10,13-14H2,1H3,(H,27,31). The Bertz CT molecular complexity index is 1150. The maximum Gasteiger partial charge on any atom is 0.262 e. The van der Waals surface area contributed by atoms with Gasteiger partial charge in [0.05, 0.1) is 23.2 Å². The topological polar surface area (TPSA) is 76.4 Å². The zero-order valence-electron chi connectivity index (χ0n) is 18.0. The van der Waals surface area contributed by atoms with Gasteiger partial charge in [0, 0.05) is 17.7 Å². The van der Waals surface area contributed by atoms with Gasteiger partial charge in [-0.3, -0.25) is 9.48 Å². The molecule has 1 saturated carbocycles. The van der Waals surface area contributed by atoms with E-state index >= 15 is 0 Å². The number of aliphatic hydroxyl groups is 1. The van der Waals surface area contributed by atoms with Crippen LogP contribution in [0.3, 0.4) is 0 Å². The van der Waals surface area contributed by atoms with Gasteiger partial charge in [-0.05, 0) is 80.5 Å². The second-order valence-corrected chi connectivity index (χ2v) is 8.72. The molecule has 1 aromatic heterocycles. The summed E-state index contributed by atoms with van der Waals surface area (Å²) in [7, 11) is 0. The Balaban J connectivity index is 1.59. The van der Waals surface area contributed by atoms with Crippen LogP contribution in [0.1, 0.15) is 31.4 Å². The minimum atomic E-state index is -0.284. The Morgan fingerprint density at radius 2 is 1.84 bits per heavy atom. The highest BCUT2D eigenvalue weighted by Gasteiger charge is 2.25. The maximum absolute atomic E-state index is 13.7. The number of aromatic nitrogens is 2. The molecule has 2 N–H and O–H groups in total. The molecule has 1 fully saturated rings. The number of anilines is 1. The van der Waals surface area contributed by atoms with Crippen LogP contribution in [0.25, 0.3) is 22.4 Å². The molecule has 6 nitrogen and oxygen atoms in total. The highest BCUT2D eigenvalue weighted by molar-refractivity contribution is 5.97. The van der Waals surface area contributed by atoms with Crippen LogP contribution in [0.15, 0.2) is 42.5 Å². The number of nitrogens with zero attached hydrogens (tertiary/aromatic N) is 2. The van der Waals surface area contributed by atoms with E-state index in [4.69, 9.17) is 9.84 Å². The van der Waals surface area contributed by atoms with Crippen molar-refractivity contribution in [2.45, 2.75) is 45.3 Å². The van der Waals surface area contributed by atoms with E-state index in [-0.39, 0.29) is 24.4 Å². The molecule has 2 heterocycles. The van der Waals surface area contributed by atoms with Crippen LogP contribution in [0, 0.1) is 18.7 Å². The summed E-state index contributed by atoms with van der Waals surface area (Å²) in [4.78, 5) is 11.8. The lowest BCUT2D eigenvalue weighted by molar-refractivity contribution is -0.118. The molecule has 0 saturated heterocycles. The molecule has 1 aliphatic heterocycles. The van der Waals surface area contributed by atoms with E-state index in [0.29, 0.717) is 17.4 Å². The monoisotopic (exact) mass is 435 g/mol. The van der Waals surface area contributed by atoms with Crippen molar-refractivity contribution in [3.63, 3.8) is 0 Å². The van der Waals surface area contributed by atoms with Crippen LogP contribution in [-0.2, 0) is 11.3 Å². The maximum atomic E-state index is 13.7. The number of amides is 1. The number of hydrogen-bond acceptors (Lipinski definition) is 4. The van der Waals surface area contributed by atoms with Crippen molar-refractivity contribution in [3.05, 3.63) is 54.0 Å². The second kappa shape index (κ2) is 8.39. The van der Waals surface area contributed by atoms with Gasteiger partial charge in [0.1, 0.15) is 11.6 Å². The van der Waals surface area contributed by atoms with Gasteiger partial charge >= 0.3 is 0 Å². The Labute approximate surface area is 186 Å². The molecule has 0 atom stereocenters. The molecule has 32 heavy (non-hydrogen) atoms. The zero-order chi connectivity index (χ0) is 22.2. The number of fused-ring (bicyclic) bond motifs is 1. The van der Waals surface area contributed by atoms with Crippen LogP contribution in [0.5, 0.6) is 5.75 Å². The molecule has 0 unspecified atom stereocenters. The number of nitrogens with one attached hydrogen (secondary N) is 1. The van der Waals surface area contributed by atoms with Crippen LogP contribution >= 0.6 is 0 Å². The lowest BCUT2D eigenvalue weighted by Crippen LogP contribution is -2.25. The number of aliphatic hydroxyl groups excluding tert-OH is 1. The first-order chi connectivity index (χ1) is 15.5. The number of carbonyl (C=O) groups is 1. The van der Waals surface area contributed by atoms with Crippen LogP contribution in [-0.4, -0.2) is 33.5 Å². The van der Waals surface area contributed by atoms with E-state index in [1.807, 2.05) is 29.8 Å². The lowest BCUT2D eigenvalue weighted by atomic mass is 9.87. The summed E-state index contributed by atoms with van der Waals surface area (Å²) in [6.45, 7) is 2.73. The average Bonchev–Trinajstić information content (AvgIpc) is 3.11. The number of rotatable bonds is 4. The third-order valence-corrected chi connectivity index (χ3v) is 6.39. The van der Waals surface area contributed by atoms with Crippen molar-refractivity contribution in [2.75, 3.05) is 11.9 Å². The predicted molar refractivity (Wildman–Crippen MR) is 120 cm³/mol. The lowest BCUT2D eigenvalue weighted by Gasteiger charge is -2.26. The van der Waals surface area contributed by atoms with Gasteiger partial charge in [-0.1, -0.05) is 6.07 Å². The fourth-order valence-corrected chi connectivity index (χ4v) is 4.77. The molecule has 0 radical (unpaired) electrons. The third-order valence-electron chi connectivity index (χ3n) is 6.39. The van der Waals surface area contributed by atoms with Gasteiger partial charge in [0.25, 0.3) is 5.91 Å². The number of benzene rings is 2. The summed E-state index contributed by atoms with van der Waals surface area (Å²) in [5, 5.41) is 17.6. The van der Waals surface area contributed by atoms with E-state index in [9.17, 15) is 14.3 Å². The molecule has 1 amide bonds. The number of aryl methyl sites for hydroxylation is 1. The van der Waals surface area contributed by atoms with Crippen molar-refractivity contribution in [1.82, 2.24) is 9.78 Å². The predicted octanol–water partition coefficient (Wildman–Crippen LogP) is 4.55. The van der Waals surface area contributed by atoms with Crippen molar-refractivity contribution in [2.24, 2.45) is 5.92 Å². The minimum absolute atomic E-state index is 0.0141. The Hall–Kier alpha value is -3.19. The Kier molecular flexibility index (Phi) is 5.43. The smallest absolute Gasteiger partial charge is 0.262 e. The van der Waals surface area contributed by atoms with Crippen molar-refractivity contribution in [1.29, 1.82) is 0 Å². The summed E-state index contributed by atoms with van der Waals surface area (Å²) >= 11 is 0. The van der Waals surface area contributed by atoms with E-state index < -0.39 is 0 Å². The van der Waals surface area contributed by atoms with Gasteiger partial charge in [-0.25, -0.2) is 4.39 Å². The first-order valence-corrected chi connectivity index (χ1v) is 11.1. The van der Waals surface area contributed by atoms with Crippen molar-refractivity contribution < 1.29 is 19.0 Å². The molecule has 1 aliphatic carbocycles. The highest BCUT2D eigenvalue weighted by Crippen LogP contribution is 2.40. The molecule has 7 heteroatoms. The van der Waals surface area contributed by atoms with Crippen molar-refractivity contribution in [3.8, 4) is 28.1 Å². The third kappa shape index (κ3) is 4.00. The summed E-state index contributed by atoms with van der Waals surface area (Å²) in [5.74, 6) is 0.608. The molecule has 5 rings (SSSR count). The number of halogens is 1. The molecule has 0 spiro atoms. The van der Waals surface area contributed by atoms with E-state index in [1.54, 1.807) is 12.1 Å². The van der Waals surface area contributed by atoms with E-state index in [0.717, 1.165) is 60.3 Å². The molecule has 0 bridgehead atoms. The fraction of sp³-hybridized carbons (Fsp3) is 0.360. The van der Waals surface area contributed by atoms with Gasteiger partial charge in [-0.15, -0.1) is 0 Å². The summed E-state index contributed by atoms with van der Waals surface area (Å²) < 4.78 is 21.2. The molecule has 2 aromatic carbocycles. The Morgan fingerprint density at radius 1 is 1.12 bits per heavy atom. The largest absolute Gasteiger partial charge is 0.482 e. The van der Waals surface area contributed by atoms with Crippen LogP contribution in [0.4, 0.5) is 10.1 Å². The quantitative estimate of drug-likeness (QED) is 0.631. The first-order valence-electron chi connectivity index (χ1n) is 11.1. The van der Waals surface area contributed by atoms with Crippen LogP contribution < -0.4 is 10.1 Å². The number of hydrogen-bond donors (Lipinski definition) is 2. The molecule has 3 aromatic rings. The number of ether oxygens (including phenoxy) is 1. The summed E-state index contributed by atoms with van der Waals surface area (Å²) in [6.07, 6.45) is 3.34. The molecular weight excluding hydrogens is 409 g/mol. The molecular formula is C25H26FN3O3.